The van der Waals surface area contributed by atoms with Gasteiger partial charge >= 0.3 is 6.18 Å². The molecule has 9 heteroatoms. The minimum Gasteiger partial charge on any atom is -0.490 e. The number of aliphatic hydroxyl groups excluding tert-OH is 1. The highest BCUT2D eigenvalue weighted by Gasteiger charge is 2.34. The van der Waals surface area contributed by atoms with Gasteiger partial charge in [0, 0.05) is 26.7 Å². The molecule has 0 bridgehead atoms. The Morgan fingerprint density at radius 3 is 2.84 bits per heavy atom. The van der Waals surface area contributed by atoms with Crippen LogP contribution >= 0.6 is 0 Å². The van der Waals surface area contributed by atoms with Crippen molar-refractivity contribution in [3.8, 4) is 5.75 Å². The van der Waals surface area contributed by atoms with Gasteiger partial charge in [-0.1, -0.05) is 12.1 Å². The summed E-state index contributed by atoms with van der Waals surface area (Å²) in [6, 6.07) is 4.77. The van der Waals surface area contributed by atoms with E-state index in [1.807, 2.05) is 0 Å². The van der Waals surface area contributed by atoms with Gasteiger partial charge in [-0.15, -0.1) is 0 Å². The lowest BCUT2D eigenvalue weighted by Gasteiger charge is -2.28. The first-order valence-electron chi connectivity index (χ1n) is 7.83. The Morgan fingerprint density at radius 1 is 1.48 bits per heavy atom. The average molecular weight is 362 g/mol. The predicted octanol–water partition coefficient (Wildman–Crippen LogP) is 0.892. The first-order chi connectivity index (χ1) is 11.8. The number of morpholine rings is 1. The molecule has 1 saturated heterocycles. The number of nitrogens with one attached hydrogen (secondary N) is 1. The molecule has 1 amide bonds. The summed E-state index contributed by atoms with van der Waals surface area (Å²) in [5.41, 5.74) is -0.909. The smallest absolute Gasteiger partial charge is 0.419 e. The maximum Gasteiger partial charge on any atom is 0.419 e. The molecule has 0 aliphatic carbocycles. The van der Waals surface area contributed by atoms with Crippen LogP contribution in [0.15, 0.2) is 24.3 Å². The zero-order valence-electron chi connectivity index (χ0n) is 13.8. The number of hydrogen-bond acceptors (Lipinski definition) is 5. The van der Waals surface area contributed by atoms with Gasteiger partial charge in [-0.3, -0.25) is 4.79 Å². The Labute approximate surface area is 143 Å². The van der Waals surface area contributed by atoms with Gasteiger partial charge in [0.05, 0.1) is 12.2 Å². The van der Waals surface area contributed by atoms with Gasteiger partial charge in [0.25, 0.3) is 5.91 Å². The number of amides is 1. The lowest BCUT2D eigenvalue weighted by Crippen LogP contribution is -2.50. The fourth-order valence-electron chi connectivity index (χ4n) is 2.44. The van der Waals surface area contributed by atoms with E-state index in [9.17, 15) is 23.1 Å². The Bertz CT molecular complexity index is 577. The highest BCUT2D eigenvalue weighted by Crippen LogP contribution is 2.35. The molecule has 1 fully saturated rings. The lowest BCUT2D eigenvalue weighted by molar-refractivity contribution is -0.145. The number of ether oxygens (including phenoxy) is 2. The second-order valence-electron chi connectivity index (χ2n) is 5.74. The highest BCUT2D eigenvalue weighted by molar-refractivity contribution is 5.81. The van der Waals surface area contributed by atoms with E-state index in [-0.39, 0.29) is 24.8 Å². The molecule has 2 unspecified atom stereocenters. The summed E-state index contributed by atoms with van der Waals surface area (Å²) < 4.78 is 49.1. The summed E-state index contributed by atoms with van der Waals surface area (Å²) in [7, 11) is 1.49. The summed E-state index contributed by atoms with van der Waals surface area (Å²) in [6.45, 7) is 1.03. The standard InChI is InChI=1S/C16H21F3N2O4/c1-21(15(23)14-8-20-6-7-24-14)9-11(22)10-25-13-5-3-2-4-12(13)16(17,18)19/h2-5,11,14,20,22H,6-10H2,1H3. The SMILES string of the molecule is CN(CC(O)COc1ccccc1C(F)(F)F)C(=O)C1CNCCO1. The lowest BCUT2D eigenvalue weighted by atomic mass is 10.2. The van der Waals surface area contributed by atoms with Gasteiger partial charge in [0.15, 0.2) is 0 Å². The molecular formula is C16H21F3N2O4. The molecule has 1 heterocycles. The Hall–Kier alpha value is -1.84. The van der Waals surface area contributed by atoms with E-state index in [1.54, 1.807) is 0 Å². The Balaban J connectivity index is 1.86. The number of likely N-dealkylation sites (N-methyl/N-ethyl adjacent to an activating group) is 1. The van der Waals surface area contributed by atoms with E-state index in [2.05, 4.69) is 5.32 Å². The van der Waals surface area contributed by atoms with Crippen LogP contribution < -0.4 is 10.1 Å². The van der Waals surface area contributed by atoms with E-state index in [1.165, 1.54) is 30.1 Å². The minimum absolute atomic E-state index is 0.0765. The van der Waals surface area contributed by atoms with E-state index in [0.29, 0.717) is 19.7 Å². The molecule has 1 aromatic carbocycles. The third-order valence-electron chi connectivity index (χ3n) is 3.69. The van der Waals surface area contributed by atoms with Crippen molar-refractivity contribution in [1.82, 2.24) is 10.2 Å². The summed E-state index contributed by atoms with van der Waals surface area (Å²) in [6.07, 6.45) is -6.30. The Morgan fingerprint density at radius 2 is 2.20 bits per heavy atom. The van der Waals surface area contributed by atoms with Crippen LogP contribution in [-0.2, 0) is 15.7 Å². The summed E-state index contributed by atoms with van der Waals surface area (Å²) in [4.78, 5) is 13.4. The van der Waals surface area contributed by atoms with Crippen LogP contribution in [0.3, 0.4) is 0 Å². The molecule has 25 heavy (non-hydrogen) atoms. The number of aliphatic hydroxyl groups is 1. The van der Waals surface area contributed by atoms with Crippen molar-refractivity contribution in [1.29, 1.82) is 0 Å². The van der Waals surface area contributed by atoms with Crippen LogP contribution in [0.25, 0.3) is 0 Å². The molecule has 1 aromatic rings. The van der Waals surface area contributed by atoms with Crippen molar-refractivity contribution in [2.45, 2.75) is 18.4 Å². The van der Waals surface area contributed by atoms with Gasteiger partial charge < -0.3 is 24.8 Å². The third-order valence-corrected chi connectivity index (χ3v) is 3.69. The molecule has 2 atom stereocenters. The van der Waals surface area contributed by atoms with Crippen LogP contribution in [0.5, 0.6) is 5.75 Å². The molecule has 1 aliphatic rings. The summed E-state index contributed by atoms with van der Waals surface area (Å²) in [5, 5.41) is 13.0. The first kappa shape index (κ1) is 19.5. The second kappa shape index (κ2) is 8.50. The number of para-hydroxylation sites is 1. The van der Waals surface area contributed by atoms with E-state index in [0.717, 1.165) is 6.07 Å². The summed E-state index contributed by atoms with van der Waals surface area (Å²) >= 11 is 0. The molecule has 1 aliphatic heterocycles. The topological polar surface area (TPSA) is 71.0 Å². The van der Waals surface area contributed by atoms with Crippen molar-refractivity contribution in [2.24, 2.45) is 0 Å². The highest BCUT2D eigenvalue weighted by atomic mass is 19.4. The minimum atomic E-state index is -4.54. The monoisotopic (exact) mass is 362 g/mol. The molecule has 0 radical (unpaired) electrons. The fourth-order valence-corrected chi connectivity index (χ4v) is 2.44. The molecule has 2 N–H and O–H groups in total. The van der Waals surface area contributed by atoms with Gasteiger partial charge in [-0.25, -0.2) is 0 Å². The molecular weight excluding hydrogens is 341 g/mol. The number of nitrogens with zero attached hydrogens (tertiary/aromatic N) is 1. The molecule has 2 rings (SSSR count). The number of alkyl halides is 3. The van der Waals surface area contributed by atoms with Crippen molar-refractivity contribution in [3.05, 3.63) is 29.8 Å². The van der Waals surface area contributed by atoms with Crippen molar-refractivity contribution < 1.29 is 32.5 Å². The maximum atomic E-state index is 12.9. The summed E-state index contributed by atoms with van der Waals surface area (Å²) in [5.74, 6) is -0.662. The van der Waals surface area contributed by atoms with Gasteiger partial charge in [-0.2, -0.15) is 13.2 Å². The Kier molecular flexibility index (Phi) is 6.63. The number of halogens is 3. The number of rotatable bonds is 6. The zero-order valence-corrected chi connectivity index (χ0v) is 13.8. The van der Waals surface area contributed by atoms with Gasteiger partial charge in [0.1, 0.15) is 24.6 Å². The normalized spacial score (nSPS) is 19.3. The molecule has 0 aromatic heterocycles. The van der Waals surface area contributed by atoms with E-state index >= 15 is 0 Å². The van der Waals surface area contributed by atoms with Crippen LogP contribution in [0.2, 0.25) is 0 Å². The van der Waals surface area contributed by atoms with Crippen molar-refractivity contribution >= 4 is 5.91 Å². The van der Waals surface area contributed by atoms with Crippen LogP contribution in [-0.4, -0.2) is 68.0 Å². The number of benzene rings is 1. The van der Waals surface area contributed by atoms with Gasteiger partial charge in [-0.05, 0) is 12.1 Å². The third kappa shape index (κ3) is 5.58. The molecule has 0 spiro atoms. The predicted molar refractivity (Wildman–Crippen MR) is 83.2 cm³/mol. The maximum absolute atomic E-state index is 12.9. The van der Waals surface area contributed by atoms with Crippen LogP contribution in [0.4, 0.5) is 13.2 Å². The quantitative estimate of drug-likeness (QED) is 0.787. The molecule has 6 nitrogen and oxygen atoms in total. The van der Waals surface area contributed by atoms with Crippen LogP contribution in [0, 0.1) is 0 Å². The first-order valence-corrected chi connectivity index (χ1v) is 7.83. The number of hydrogen-bond donors (Lipinski definition) is 2. The number of carbonyl (C=O) groups is 1. The average Bonchev–Trinajstić information content (AvgIpc) is 2.59. The van der Waals surface area contributed by atoms with Gasteiger partial charge in [0.2, 0.25) is 0 Å². The zero-order chi connectivity index (χ0) is 18.4. The van der Waals surface area contributed by atoms with Crippen molar-refractivity contribution in [2.75, 3.05) is 39.9 Å². The molecule has 140 valence electrons. The van der Waals surface area contributed by atoms with E-state index in [4.69, 9.17) is 9.47 Å². The van der Waals surface area contributed by atoms with E-state index < -0.39 is 23.9 Å². The van der Waals surface area contributed by atoms with Crippen LogP contribution in [0.1, 0.15) is 5.56 Å². The fraction of sp³-hybridized carbons (Fsp3) is 0.562. The largest absolute Gasteiger partial charge is 0.490 e. The number of carbonyl (C=O) groups excluding carboxylic acids is 1. The second-order valence-corrected chi connectivity index (χ2v) is 5.74. The molecule has 0 saturated carbocycles. The van der Waals surface area contributed by atoms with Crippen molar-refractivity contribution in [3.63, 3.8) is 0 Å².